The van der Waals surface area contributed by atoms with Gasteiger partial charge >= 0.3 is 0 Å². The van der Waals surface area contributed by atoms with E-state index in [0.29, 0.717) is 17.2 Å². The lowest BCUT2D eigenvalue weighted by molar-refractivity contribution is -0.122. The molecular formula is C20H18N6O3. The summed E-state index contributed by atoms with van der Waals surface area (Å²) in [4.78, 5) is 24.5. The van der Waals surface area contributed by atoms with Gasteiger partial charge in [-0.05, 0) is 42.5 Å². The summed E-state index contributed by atoms with van der Waals surface area (Å²) in [6, 6.07) is 15.9. The van der Waals surface area contributed by atoms with E-state index in [2.05, 4.69) is 20.6 Å². The van der Waals surface area contributed by atoms with Gasteiger partial charge in [0.05, 0.1) is 19.3 Å². The highest BCUT2D eigenvalue weighted by molar-refractivity contribution is 5.75. The molecule has 3 aromatic heterocycles. The molecule has 0 aliphatic heterocycles. The van der Waals surface area contributed by atoms with Gasteiger partial charge in [0.2, 0.25) is 5.91 Å². The van der Waals surface area contributed by atoms with E-state index in [1.807, 2.05) is 48.7 Å². The van der Waals surface area contributed by atoms with Gasteiger partial charge < -0.3 is 10.1 Å². The van der Waals surface area contributed by atoms with Crippen molar-refractivity contribution in [3.8, 4) is 17.0 Å². The Labute approximate surface area is 165 Å². The molecule has 0 spiro atoms. The Morgan fingerprint density at radius 3 is 2.69 bits per heavy atom. The molecule has 9 heteroatoms. The topological polar surface area (TPSA) is 103 Å². The molecule has 0 atom stereocenters. The SMILES string of the molecule is COc1ccc(-c2ccc(=O)n(CC(=O)NCc3nnc4ccccn34)n2)cc1. The van der Waals surface area contributed by atoms with E-state index in [9.17, 15) is 9.59 Å². The predicted octanol–water partition coefficient (Wildman–Crippen LogP) is 1.28. The van der Waals surface area contributed by atoms with Crippen LogP contribution in [0.1, 0.15) is 5.82 Å². The molecule has 3 heterocycles. The number of carbonyl (C=O) groups is 1. The number of rotatable bonds is 6. The van der Waals surface area contributed by atoms with Gasteiger partial charge in [-0.25, -0.2) is 4.68 Å². The summed E-state index contributed by atoms with van der Waals surface area (Å²) in [5, 5.41) is 15.2. The maximum atomic E-state index is 12.3. The Morgan fingerprint density at radius 1 is 1.07 bits per heavy atom. The Kier molecular flexibility index (Phi) is 5.02. The highest BCUT2D eigenvalue weighted by Crippen LogP contribution is 2.19. The highest BCUT2D eigenvalue weighted by atomic mass is 16.5. The van der Waals surface area contributed by atoms with Crippen molar-refractivity contribution in [2.24, 2.45) is 0 Å². The second kappa shape index (κ2) is 7.93. The number of nitrogens with zero attached hydrogens (tertiary/aromatic N) is 5. The first-order valence-corrected chi connectivity index (χ1v) is 8.92. The molecule has 4 aromatic rings. The van der Waals surface area contributed by atoms with Crippen molar-refractivity contribution in [1.82, 2.24) is 29.7 Å². The normalized spacial score (nSPS) is 10.8. The number of ether oxygens (including phenoxy) is 1. The Hall–Kier alpha value is -4.01. The number of nitrogens with one attached hydrogen (secondary N) is 1. The molecule has 146 valence electrons. The van der Waals surface area contributed by atoms with E-state index >= 15 is 0 Å². The summed E-state index contributed by atoms with van der Waals surface area (Å²) in [6.07, 6.45) is 1.82. The van der Waals surface area contributed by atoms with E-state index in [1.54, 1.807) is 17.6 Å². The fourth-order valence-electron chi connectivity index (χ4n) is 2.86. The maximum absolute atomic E-state index is 12.3. The minimum absolute atomic E-state index is 0.191. The molecule has 1 aromatic carbocycles. The maximum Gasteiger partial charge on any atom is 0.267 e. The van der Waals surface area contributed by atoms with Gasteiger partial charge in [-0.1, -0.05) is 6.07 Å². The number of pyridine rings is 1. The molecule has 0 unspecified atom stereocenters. The molecule has 0 bridgehead atoms. The summed E-state index contributed by atoms with van der Waals surface area (Å²) in [6.45, 7) is -0.00347. The number of carbonyl (C=O) groups excluding carboxylic acids is 1. The molecule has 0 radical (unpaired) electrons. The van der Waals surface area contributed by atoms with E-state index in [-0.39, 0.29) is 24.6 Å². The van der Waals surface area contributed by atoms with Crippen LogP contribution in [0.4, 0.5) is 0 Å². The predicted molar refractivity (Wildman–Crippen MR) is 105 cm³/mol. The van der Waals surface area contributed by atoms with Crippen LogP contribution in [0.5, 0.6) is 5.75 Å². The molecule has 1 N–H and O–H groups in total. The smallest absolute Gasteiger partial charge is 0.267 e. The Balaban J connectivity index is 1.46. The number of methoxy groups -OCH3 is 1. The Morgan fingerprint density at radius 2 is 1.90 bits per heavy atom. The molecule has 0 aliphatic carbocycles. The summed E-state index contributed by atoms with van der Waals surface area (Å²) in [5.41, 5.74) is 1.74. The van der Waals surface area contributed by atoms with E-state index in [0.717, 1.165) is 16.0 Å². The van der Waals surface area contributed by atoms with E-state index in [4.69, 9.17) is 4.74 Å². The fraction of sp³-hybridized carbons (Fsp3) is 0.150. The van der Waals surface area contributed by atoms with Crippen molar-refractivity contribution in [3.05, 3.63) is 77.0 Å². The van der Waals surface area contributed by atoms with Gasteiger partial charge in [-0.2, -0.15) is 5.10 Å². The van der Waals surface area contributed by atoms with Crippen molar-refractivity contribution in [3.63, 3.8) is 0 Å². The number of hydrogen-bond donors (Lipinski definition) is 1. The average molecular weight is 390 g/mol. The van der Waals surface area contributed by atoms with Crippen LogP contribution in [0.25, 0.3) is 16.9 Å². The summed E-state index contributed by atoms with van der Waals surface area (Å²) < 4.78 is 8.07. The van der Waals surface area contributed by atoms with Crippen molar-refractivity contribution < 1.29 is 9.53 Å². The number of hydrogen-bond acceptors (Lipinski definition) is 6. The van der Waals surface area contributed by atoms with Crippen LogP contribution in [0.3, 0.4) is 0 Å². The molecule has 0 aliphatic rings. The third kappa shape index (κ3) is 3.98. The molecule has 0 saturated carbocycles. The van der Waals surface area contributed by atoms with Crippen LogP contribution in [0.2, 0.25) is 0 Å². The van der Waals surface area contributed by atoms with Gasteiger partial charge in [-0.3, -0.25) is 14.0 Å². The summed E-state index contributed by atoms with van der Waals surface area (Å²) in [7, 11) is 1.59. The molecule has 9 nitrogen and oxygen atoms in total. The minimum Gasteiger partial charge on any atom is -0.497 e. The lowest BCUT2D eigenvalue weighted by Crippen LogP contribution is -2.33. The third-order valence-corrected chi connectivity index (χ3v) is 4.37. The number of fused-ring (bicyclic) bond motifs is 1. The summed E-state index contributed by atoms with van der Waals surface area (Å²) in [5.74, 6) is 0.975. The lowest BCUT2D eigenvalue weighted by atomic mass is 10.1. The van der Waals surface area contributed by atoms with Gasteiger partial charge in [0.1, 0.15) is 12.3 Å². The van der Waals surface area contributed by atoms with Gasteiger partial charge in [-0.15, -0.1) is 10.2 Å². The monoisotopic (exact) mass is 390 g/mol. The van der Waals surface area contributed by atoms with Crippen molar-refractivity contribution in [1.29, 1.82) is 0 Å². The second-order valence-electron chi connectivity index (χ2n) is 6.26. The first-order valence-electron chi connectivity index (χ1n) is 8.92. The van der Waals surface area contributed by atoms with E-state index < -0.39 is 0 Å². The summed E-state index contributed by atoms with van der Waals surface area (Å²) >= 11 is 0. The largest absolute Gasteiger partial charge is 0.497 e. The molecule has 0 fully saturated rings. The van der Waals surface area contributed by atoms with Crippen LogP contribution in [0, 0.1) is 0 Å². The van der Waals surface area contributed by atoms with Crippen LogP contribution in [0.15, 0.2) is 65.6 Å². The van der Waals surface area contributed by atoms with Gasteiger partial charge in [0.15, 0.2) is 11.5 Å². The standard InChI is InChI=1S/C20H18N6O3/c1-29-15-7-5-14(6-8-15)16-9-10-20(28)26(24-16)13-19(27)21-12-18-23-22-17-4-2-3-11-25(17)18/h2-11H,12-13H2,1H3,(H,21,27). The Bertz CT molecular complexity index is 1210. The van der Waals surface area contributed by atoms with Gasteiger partial charge in [0.25, 0.3) is 5.56 Å². The fourth-order valence-corrected chi connectivity index (χ4v) is 2.86. The highest BCUT2D eigenvalue weighted by Gasteiger charge is 2.10. The van der Waals surface area contributed by atoms with Crippen LogP contribution >= 0.6 is 0 Å². The quantitative estimate of drug-likeness (QED) is 0.532. The van der Waals surface area contributed by atoms with Crippen LogP contribution in [-0.2, 0) is 17.9 Å². The minimum atomic E-state index is -0.356. The molecular weight excluding hydrogens is 372 g/mol. The number of benzene rings is 1. The zero-order chi connectivity index (χ0) is 20.2. The van der Waals surface area contributed by atoms with Crippen LogP contribution < -0.4 is 15.6 Å². The lowest BCUT2D eigenvalue weighted by Gasteiger charge is -2.08. The molecule has 4 rings (SSSR count). The van der Waals surface area contributed by atoms with Crippen LogP contribution in [-0.4, -0.2) is 37.4 Å². The third-order valence-electron chi connectivity index (χ3n) is 4.37. The molecule has 29 heavy (non-hydrogen) atoms. The molecule has 0 saturated heterocycles. The zero-order valence-corrected chi connectivity index (χ0v) is 15.6. The molecule has 1 amide bonds. The van der Waals surface area contributed by atoms with Crippen molar-refractivity contribution in [2.45, 2.75) is 13.1 Å². The number of aromatic nitrogens is 5. The first-order chi connectivity index (χ1) is 14.1. The zero-order valence-electron chi connectivity index (χ0n) is 15.6. The number of amides is 1. The first kappa shape index (κ1) is 18.4. The van der Waals surface area contributed by atoms with Crippen molar-refractivity contribution in [2.75, 3.05) is 7.11 Å². The van der Waals surface area contributed by atoms with E-state index in [1.165, 1.54) is 6.07 Å². The average Bonchev–Trinajstić information content (AvgIpc) is 3.17. The van der Waals surface area contributed by atoms with Crippen molar-refractivity contribution >= 4 is 11.6 Å². The second-order valence-corrected chi connectivity index (χ2v) is 6.26. The van der Waals surface area contributed by atoms with Gasteiger partial charge in [0, 0.05) is 17.8 Å².